The van der Waals surface area contributed by atoms with E-state index in [0.29, 0.717) is 0 Å². The monoisotopic (exact) mass is 227 g/mol. The number of aromatic nitrogens is 2. The molecule has 0 aromatic carbocycles. The molecule has 0 fully saturated rings. The van der Waals surface area contributed by atoms with Crippen LogP contribution in [0.15, 0.2) is 17.2 Å². The zero-order valence-corrected chi connectivity index (χ0v) is 8.62. The topological polar surface area (TPSA) is 29.0 Å². The van der Waals surface area contributed by atoms with Crippen LogP contribution in [0.5, 0.6) is 0 Å². The minimum atomic E-state index is 0.720. The quantitative estimate of drug-likeness (QED) is 0.774. The second kappa shape index (κ2) is 4.21. The van der Waals surface area contributed by atoms with E-state index in [1.54, 1.807) is 11.2 Å². The van der Waals surface area contributed by atoms with Gasteiger partial charge in [-0.2, -0.15) is 0 Å². The summed E-state index contributed by atoms with van der Waals surface area (Å²) in [5, 5.41) is 0. The van der Waals surface area contributed by atoms with Crippen LogP contribution in [-0.2, 0) is 0 Å². The lowest BCUT2D eigenvalue weighted by Crippen LogP contribution is -2.12. The Kier molecular flexibility index (Phi) is 3.22. The first-order valence-corrected chi connectivity index (χ1v) is 4.42. The highest BCUT2D eigenvalue weighted by molar-refractivity contribution is 9.11. The summed E-state index contributed by atoms with van der Waals surface area (Å²) in [6.07, 6.45) is 3.61. The Morgan fingerprint density at radius 1 is 1.50 bits per heavy atom. The van der Waals surface area contributed by atoms with E-state index in [1.807, 2.05) is 31.1 Å². The van der Waals surface area contributed by atoms with Crippen LogP contribution >= 0.6 is 15.9 Å². The Balaban J connectivity index is 2.95. The fourth-order valence-electron chi connectivity index (χ4n) is 0.735. The molecule has 3 nitrogen and oxygen atoms in total. The van der Waals surface area contributed by atoms with Gasteiger partial charge in [-0.25, -0.2) is 9.97 Å². The van der Waals surface area contributed by atoms with E-state index in [0.717, 1.165) is 11.6 Å². The molecule has 0 unspecified atom stereocenters. The Hall–Kier alpha value is -0.900. The molecule has 12 heavy (non-hydrogen) atoms. The van der Waals surface area contributed by atoms with E-state index in [-0.39, 0.29) is 0 Å². The van der Waals surface area contributed by atoms with Gasteiger partial charge in [0.1, 0.15) is 0 Å². The summed E-state index contributed by atoms with van der Waals surface area (Å²) in [5.74, 6) is 0.720. The van der Waals surface area contributed by atoms with Gasteiger partial charge in [0.2, 0.25) is 5.95 Å². The van der Waals surface area contributed by atoms with Gasteiger partial charge >= 0.3 is 0 Å². The molecule has 4 heteroatoms. The number of anilines is 1. The van der Waals surface area contributed by atoms with Crippen molar-refractivity contribution in [1.82, 2.24) is 9.97 Å². The molecule has 0 saturated carbocycles. The maximum atomic E-state index is 4.26. The second-order valence-corrected chi connectivity index (χ2v) is 3.00. The Morgan fingerprint density at radius 2 is 2.25 bits per heavy atom. The van der Waals surface area contributed by atoms with Gasteiger partial charge in [-0.15, -0.1) is 0 Å². The number of hydrogen-bond donors (Lipinski definition) is 0. The fraction of sp³-hybridized carbons (Fsp3) is 0.250. The molecule has 1 rings (SSSR count). The SMILES string of the molecule is CN(C)c1nccc(/C=C/Br)n1. The van der Waals surface area contributed by atoms with Crippen molar-refractivity contribution in [2.24, 2.45) is 0 Å². The molecular weight excluding hydrogens is 218 g/mol. The molecule has 0 aliphatic heterocycles. The molecule has 0 spiro atoms. The van der Waals surface area contributed by atoms with Crippen LogP contribution in [0.4, 0.5) is 5.95 Å². The minimum absolute atomic E-state index is 0.720. The van der Waals surface area contributed by atoms with Gasteiger partial charge in [-0.3, -0.25) is 0 Å². The predicted octanol–water partition coefficient (Wildman–Crippen LogP) is 1.91. The summed E-state index contributed by atoms with van der Waals surface area (Å²) in [5.41, 5.74) is 0.894. The lowest BCUT2D eigenvalue weighted by Gasteiger charge is -2.08. The molecule has 0 radical (unpaired) electrons. The summed E-state index contributed by atoms with van der Waals surface area (Å²) in [4.78, 5) is 12.0. The fourth-order valence-corrected chi connectivity index (χ4v) is 1.01. The van der Waals surface area contributed by atoms with Crippen LogP contribution in [0.1, 0.15) is 5.69 Å². The third-order valence-electron chi connectivity index (χ3n) is 1.30. The first-order valence-electron chi connectivity index (χ1n) is 3.51. The van der Waals surface area contributed by atoms with Crippen molar-refractivity contribution < 1.29 is 0 Å². The van der Waals surface area contributed by atoms with Gasteiger partial charge in [0.15, 0.2) is 0 Å². The van der Waals surface area contributed by atoms with E-state index >= 15 is 0 Å². The molecule has 0 amide bonds. The van der Waals surface area contributed by atoms with E-state index in [1.165, 1.54) is 0 Å². The lowest BCUT2D eigenvalue weighted by molar-refractivity contribution is 0.993. The third kappa shape index (κ3) is 2.30. The van der Waals surface area contributed by atoms with Crippen LogP contribution in [0.2, 0.25) is 0 Å². The molecule has 1 aromatic heterocycles. The summed E-state index contributed by atoms with van der Waals surface area (Å²) in [6.45, 7) is 0. The zero-order chi connectivity index (χ0) is 8.97. The van der Waals surface area contributed by atoms with Gasteiger partial charge < -0.3 is 4.90 Å². The van der Waals surface area contributed by atoms with Crippen molar-refractivity contribution in [2.75, 3.05) is 19.0 Å². The van der Waals surface area contributed by atoms with E-state index < -0.39 is 0 Å². The van der Waals surface area contributed by atoms with E-state index in [2.05, 4.69) is 25.9 Å². The lowest BCUT2D eigenvalue weighted by atomic mass is 10.4. The minimum Gasteiger partial charge on any atom is -0.347 e. The van der Waals surface area contributed by atoms with Crippen molar-refractivity contribution in [3.63, 3.8) is 0 Å². The molecule has 1 aromatic rings. The number of nitrogens with zero attached hydrogens (tertiary/aromatic N) is 3. The first-order chi connectivity index (χ1) is 5.74. The molecule has 0 N–H and O–H groups in total. The Morgan fingerprint density at radius 3 is 2.83 bits per heavy atom. The molecule has 0 bridgehead atoms. The molecule has 0 atom stereocenters. The summed E-state index contributed by atoms with van der Waals surface area (Å²) in [7, 11) is 3.83. The van der Waals surface area contributed by atoms with Gasteiger partial charge in [0.25, 0.3) is 0 Å². The van der Waals surface area contributed by atoms with Crippen molar-refractivity contribution in [3.8, 4) is 0 Å². The van der Waals surface area contributed by atoms with Crippen LogP contribution < -0.4 is 4.90 Å². The van der Waals surface area contributed by atoms with Crippen LogP contribution in [0, 0.1) is 0 Å². The van der Waals surface area contributed by atoms with Gasteiger partial charge in [0, 0.05) is 20.3 Å². The molecule has 0 saturated heterocycles. The van der Waals surface area contributed by atoms with Crippen molar-refractivity contribution in [1.29, 1.82) is 0 Å². The summed E-state index contributed by atoms with van der Waals surface area (Å²) >= 11 is 3.19. The molecule has 64 valence electrons. The van der Waals surface area contributed by atoms with Gasteiger partial charge in [-0.1, -0.05) is 15.9 Å². The number of halogens is 1. The highest BCUT2D eigenvalue weighted by atomic mass is 79.9. The third-order valence-corrected chi connectivity index (χ3v) is 1.56. The van der Waals surface area contributed by atoms with Crippen molar-refractivity contribution in [3.05, 3.63) is 22.9 Å². The van der Waals surface area contributed by atoms with Crippen molar-refractivity contribution in [2.45, 2.75) is 0 Å². The van der Waals surface area contributed by atoms with E-state index in [9.17, 15) is 0 Å². The molecule has 1 heterocycles. The van der Waals surface area contributed by atoms with Crippen LogP contribution in [0.25, 0.3) is 6.08 Å². The Bertz CT molecular complexity index is 283. The average Bonchev–Trinajstić information content (AvgIpc) is 2.05. The second-order valence-electron chi connectivity index (χ2n) is 2.47. The predicted molar refractivity (Wildman–Crippen MR) is 54.3 cm³/mol. The van der Waals surface area contributed by atoms with Gasteiger partial charge in [-0.05, 0) is 17.1 Å². The largest absolute Gasteiger partial charge is 0.347 e. The zero-order valence-electron chi connectivity index (χ0n) is 7.03. The van der Waals surface area contributed by atoms with Crippen LogP contribution in [0.3, 0.4) is 0 Å². The molecule has 0 aliphatic carbocycles. The maximum absolute atomic E-state index is 4.26. The van der Waals surface area contributed by atoms with Crippen LogP contribution in [-0.4, -0.2) is 24.1 Å². The summed E-state index contributed by atoms with van der Waals surface area (Å²) in [6, 6.07) is 1.85. The average molecular weight is 228 g/mol. The molecular formula is C8H10BrN3. The van der Waals surface area contributed by atoms with E-state index in [4.69, 9.17) is 0 Å². The number of rotatable bonds is 2. The first kappa shape index (κ1) is 9.19. The Labute approximate surface area is 80.3 Å². The standard InChI is InChI=1S/C8H10BrN3/c1-12(2)8-10-6-4-7(11-8)3-5-9/h3-6H,1-2H3/b5-3+. The summed E-state index contributed by atoms with van der Waals surface area (Å²) < 4.78 is 0. The number of hydrogen-bond acceptors (Lipinski definition) is 3. The van der Waals surface area contributed by atoms with Crippen molar-refractivity contribution >= 4 is 28.0 Å². The highest BCUT2D eigenvalue weighted by Gasteiger charge is 1.97. The maximum Gasteiger partial charge on any atom is 0.225 e. The highest BCUT2D eigenvalue weighted by Crippen LogP contribution is 2.05. The molecule has 0 aliphatic rings. The van der Waals surface area contributed by atoms with Gasteiger partial charge in [0.05, 0.1) is 5.69 Å². The smallest absolute Gasteiger partial charge is 0.225 e. The normalized spacial score (nSPS) is 10.6.